The summed E-state index contributed by atoms with van der Waals surface area (Å²) in [7, 11) is 0. The Balaban J connectivity index is 1.30. The molecule has 0 amide bonds. The molecular formula is C32H34N2O3. The Morgan fingerprint density at radius 2 is 1.78 bits per heavy atom. The van der Waals surface area contributed by atoms with Crippen LogP contribution < -0.4 is 15.6 Å². The first kappa shape index (κ1) is 25.0. The monoisotopic (exact) mass is 494 g/mol. The van der Waals surface area contributed by atoms with Crippen molar-refractivity contribution in [1.29, 1.82) is 0 Å². The van der Waals surface area contributed by atoms with Crippen LogP contribution in [-0.4, -0.2) is 30.0 Å². The van der Waals surface area contributed by atoms with E-state index in [1.54, 1.807) is 12.1 Å². The van der Waals surface area contributed by atoms with Crippen molar-refractivity contribution in [2.45, 2.75) is 52.0 Å². The first-order valence-corrected chi connectivity index (χ1v) is 13.3. The molecular weight excluding hydrogens is 460 g/mol. The van der Waals surface area contributed by atoms with Gasteiger partial charge < -0.3 is 15.0 Å². The van der Waals surface area contributed by atoms with Crippen LogP contribution in [0.4, 0.5) is 0 Å². The van der Waals surface area contributed by atoms with Gasteiger partial charge in [-0.25, -0.2) is 0 Å². The highest BCUT2D eigenvalue weighted by molar-refractivity contribution is 6.09. The maximum Gasteiger partial charge on any atom is 0.248 e. The van der Waals surface area contributed by atoms with Gasteiger partial charge in [0.2, 0.25) is 5.56 Å². The predicted molar refractivity (Wildman–Crippen MR) is 150 cm³/mol. The summed E-state index contributed by atoms with van der Waals surface area (Å²) in [5.74, 6) is 0.567. The van der Waals surface area contributed by atoms with E-state index in [-0.39, 0.29) is 23.9 Å². The van der Waals surface area contributed by atoms with Gasteiger partial charge in [-0.2, -0.15) is 0 Å². The van der Waals surface area contributed by atoms with Crippen molar-refractivity contribution in [1.82, 2.24) is 10.3 Å². The molecule has 0 aliphatic heterocycles. The Morgan fingerprint density at radius 1 is 1.03 bits per heavy atom. The van der Waals surface area contributed by atoms with Crippen LogP contribution in [-0.2, 0) is 25.7 Å². The zero-order valence-corrected chi connectivity index (χ0v) is 21.6. The third kappa shape index (κ3) is 5.52. The van der Waals surface area contributed by atoms with Crippen molar-refractivity contribution < 1.29 is 9.53 Å². The van der Waals surface area contributed by atoms with Crippen molar-refractivity contribution in [2.75, 3.05) is 13.2 Å². The van der Waals surface area contributed by atoms with E-state index in [0.29, 0.717) is 28.8 Å². The van der Waals surface area contributed by atoms with Gasteiger partial charge in [-0.1, -0.05) is 56.4 Å². The Bertz CT molecular complexity index is 1440. The number of aryl methyl sites for hydroxylation is 2. The molecule has 1 heterocycles. The third-order valence-electron chi connectivity index (χ3n) is 7.39. The van der Waals surface area contributed by atoms with Crippen LogP contribution in [0.3, 0.4) is 0 Å². The smallest absolute Gasteiger partial charge is 0.248 e. The maximum atomic E-state index is 13.3. The summed E-state index contributed by atoms with van der Waals surface area (Å²) in [6.07, 6.45) is 15.1. The van der Waals surface area contributed by atoms with E-state index >= 15 is 0 Å². The standard InChI is InChI=1S/C32H34N2O3/c1-3-22-15-24-17-26(18-25(24)16-23(22)4-2)33-19-29(35)27-11-13-30(32-28(27)12-14-31(36)34-32)37-20-21-9-7-5-6-8-10-21/h5-7,9-16,26,33H,3-4,8,17-20H2,1-2H3,(H,34,36). The number of pyridine rings is 1. The average molecular weight is 495 g/mol. The Kier molecular flexibility index (Phi) is 7.52. The molecule has 2 aliphatic carbocycles. The normalized spacial score (nSPS) is 15.0. The van der Waals surface area contributed by atoms with E-state index in [4.69, 9.17) is 4.74 Å². The topological polar surface area (TPSA) is 71.2 Å². The van der Waals surface area contributed by atoms with Crippen LogP contribution >= 0.6 is 0 Å². The SMILES string of the molecule is CCc1cc2c(cc1CC)CC(NCC(=O)c1ccc(OCC3=CCC=CC=C3)c3[nH]c(=O)ccc13)C2. The van der Waals surface area contributed by atoms with Gasteiger partial charge in [0.05, 0.1) is 12.1 Å². The maximum absolute atomic E-state index is 13.3. The number of aromatic nitrogens is 1. The summed E-state index contributed by atoms with van der Waals surface area (Å²) in [6, 6.07) is 11.7. The van der Waals surface area contributed by atoms with Gasteiger partial charge in [0.25, 0.3) is 0 Å². The fourth-order valence-corrected chi connectivity index (χ4v) is 5.39. The first-order chi connectivity index (χ1) is 18.1. The zero-order valence-electron chi connectivity index (χ0n) is 21.6. The van der Waals surface area contributed by atoms with Crippen LogP contribution in [0.1, 0.15) is 52.9 Å². The first-order valence-electron chi connectivity index (χ1n) is 13.3. The van der Waals surface area contributed by atoms with Crippen LogP contribution in [0.5, 0.6) is 5.75 Å². The van der Waals surface area contributed by atoms with Gasteiger partial charge in [-0.3, -0.25) is 9.59 Å². The molecule has 0 radical (unpaired) electrons. The van der Waals surface area contributed by atoms with Gasteiger partial charge in [0.15, 0.2) is 5.78 Å². The largest absolute Gasteiger partial charge is 0.487 e. The summed E-state index contributed by atoms with van der Waals surface area (Å²) in [5, 5.41) is 4.19. The molecule has 190 valence electrons. The molecule has 0 bridgehead atoms. The summed E-state index contributed by atoms with van der Waals surface area (Å²) in [6.45, 7) is 5.06. The quantitative estimate of drug-likeness (QED) is 0.390. The number of hydrogen-bond donors (Lipinski definition) is 2. The Labute approximate surface area is 217 Å². The second-order valence-electron chi connectivity index (χ2n) is 9.82. The molecule has 2 aliphatic rings. The van der Waals surface area contributed by atoms with Crippen molar-refractivity contribution in [2.24, 2.45) is 0 Å². The number of H-pyrrole nitrogens is 1. The van der Waals surface area contributed by atoms with Crippen LogP contribution in [0, 0.1) is 0 Å². The van der Waals surface area contributed by atoms with E-state index in [2.05, 4.69) is 48.4 Å². The van der Waals surface area contributed by atoms with Crippen LogP contribution in [0.25, 0.3) is 10.9 Å². The number of nitrogens with one attached hydrogen (secondary N) is 2. The number of allylic oxidation sites excluding steroid dienone is 4. The minimum atomic E-state index is -0.223. The highest BCUT2D eigenvalue weighted by Crippen LogP contribution is 2.29. The molecule has 5 heteroatoms. The lowest BCUT2D eigenvalue weighted by molar-refractivity contribution is 0.0989. The van der Waals surface area contributed by atoms with Crippen molar-refractivity contribution >= 4 is 16.7 Å². The third-order valence-corrected chi connectivity index (χ3v) is 7.39. The molecule has 0 fully saturated rings. The van der Waals surface area contributed by atoms with Gasteiger partial charge >= 0.3 is 0 Å². The summed E-state index contributed by atoms with van der Waals surface area (Å²) in [4.78, 5) is 28.3. The molecule has 0 unspecified atom stereocenters. The predicted octanol–water partition coefficient (Wildman–Crippen LogP) is 5.41. The van der Waals surface area contributed by atoms with Gasteiger partial charge in [0.1, 0.15) is 12.4 Å². The Morgan fingerprint density at radius 3 is 2.51 bits per heavy atom. The second kappa shape index (κ2) is 11.1. The van der Waals surface area contributed by atoms with Gasteiger partial charge in [-0.05, 0) is 78.1 Å². The Hall–Kier alpha value is -3.70. The molecule has 2 N–H and O–H groups in total. The number of hydrogen-bond acceptors (Lipinski definition) is 4. The minimum absolute atomic E-state index is 0.00327. The molecule has 1 aromatic heterocycles. The molecule has 5 rings (SSSR count). The lowest BCUT2D eigenvalue weighted by Gasteiger charge is -2.14. The van der Waals surface area contributed by atoms with E-state index in [1.807, 2.05) is 24.3 Å². The van der Waals surface area contributed by atoms with Gasteiger partial charge in [-0.15, -0.1) is 0 Å². The fourth-order valence-electron chi connectivity index (χ4n) is 5.39. The molecule has 0 spiro atoms. The number of ether oxygens (including phenoxy) is 1. The highest BCUT2D eigenvalue weighted by Gasteiger charge is 2.24. The van der Waals surface area contributed by atoms with Crippen LogP contribution in [0.2, 0.25) is 0 Å². The fraction of sp³-hybridized carbons (Fsp3) is 0.312. The zero-order chi connectivity index (χ0) is 25.8. The summed E-state index contributed by atoms with van der Waals surface area (Å²) in [5.41, 5.74) is 7.65. The van der Waals surface area contributed by atoms with E-state index in [0.717, 1.165) is 37.7 Å². The second-order valence-corrected chi connectivity index (χ2v) is 9.82. The number of ketones is 1. The van der Waals surface area contributed by atoms with Gasteiger partial charge in [0, 0.05) is 23.1 Å². The number of carbonyl (C=O) groups excluding carboxylic acids is 1. The van der Waals surface area contributed by atoms with E-state index < -0.39 is 0 Å². The summed E-state index contributed by atoms with van der Waals surface area (Å²) < 4.78 is 6.07. The summed E-state index contributed by atoms with van der Waals surface area (Å²) >= 11 is 0. The average Bonchev–Trinajstić information content (AvgIpc) is 3.12. The molecule has 0 atom stereocenters. The molecule has 3 aromatic rings. The highest BCUT2D eigenvalue weighted by atomic mass is 16.5. The minimum Gasteiger partial charge on any atom is -0.487 e. The number of rotatable bonds is 9. The number of aromatic amines is 1. The number of carbonyl (C=O) groups is 1. The van der Waals surface area contributed by atoms with Crippen molar-refractivity contribution in [3.63, 3.8) is 0 Å². The van der Waals surface area contributed by atoms with Crippen LogP contribution in [0.15, 0.2) is 77.1 Å². The number of benzene rings is 2. The molecule has 2 aromatic carbocycles. The number of Topliss-reactive ketones (excluding diaryl/α,β-unsaturated/α-hetero) is 1. The molecule has 0 saturated carbocycles. The van der Waals surface area contributed by atoms with E-state index in [9.17, 15) is 9.59 Å². The van der Waals surface area contributed by atoms with E-state index in [1.165, 1.54) is 28.3 Å². The lowest BCUT2D eigenvalue weighted by Crippen LogP contribution is -2.34. The lowest BCUT2D eigenvalue weighted by atomic mass is 9.97. The van der Waals surface area contributed by atoms with Crippen molar-refractivity contribution in [3.05, 3.63) is 111 Å². The molecule has 0 saturated heterocycles. The molecule has 37 heavy (non-hydrogen) atoms. The van der Waals surface area contributed by atoms with Crippen molar-refractivity contribution in [3.8, 4) is 5.75 Å². The molecule has 5 nitrogen and oxygen atoms in total. The number of fused-ring (bicyclic) bond motifs is 2.